The van der Waals surface area contributed by atoms with Crippen LogP contribution in [0.1, 0.15) is 23.6 Å². The third kappa shape index (κ3) is 9.72. The van der Waals surface area contributed by atoms with Crippen LogP contribution in [0.2, 0.25) is 0 Å². The number of carboxylic acids is 1. The molecule has 0 heterocycles. The Bertz CT molecular complexity index is 1330. The van der Waals surface area contributed by atoms with Crippen LogP contribution < -0.4 is 21.7 Å². The lowest BCUT2D eigenvalue weighted by molar-refractivity contribution is -0.142. The Morgan fingerprint density at radius 1 is 0.643 bits per heavy atom. The Morgan fingerprint density at radius 3 is 1.45 bits per heavy atom. The molecular weight excluding hydrogens is 540 g/mol. The van der Waals surface area contributed by atoms with Crippen molar-refractivity contribution in [3.63, 3.8) is 0 Å². The Kier molecular flexibility index (Phi) is 11.6. The van der Waals surface area contributed by atoms with Gasteiger partial charge in [-0.05, 0) is 35.7 Å². The topological polar surface area (TPSA) is 191 Å². The van der Waals surface area contributed by atoms with Crippen molar-refractivity contribution in [1.82, 2.24) is 16.0 Å². The van der Waals surface area contributed by atoms with Crippen LogP contribution in [-0.2, 0) is 38.4 Å². The molecule has 0 aliphatic rings. The number of benzene rings is 3. The van der Waals surface area contributed by atoms with Crippen LogP contribution in [0.3, 0.4) is 0 Å². The van der Waals surface area contributed by atoms with E-state index in [2.05, 4.69) is 16.0 Å². The lowest BCUT2D eigenvalue weighted by Crippen LogP contribution is -2.59. The molecule has 5 unspecified atom stereocenters. The second kappa shape index (κ2) is 15.3. The zero-order valence-corrected chi connectivity index (χ0v) is 23.1. The minimum Gasteiger partial charge on any atom is -0.508 e. The van der Waals surface area contributed by atoms with Gasteiger partial charge in [0.15, 0.2) is 0 Å². The largest absolute Gasteiger partial charge is 0.508 e. The number of phenols is 1. The summed E-state index contributed by atoms with van der Waals surface area (Å²) in [5.74, 6) is -3.43. The van der Waals surface area contributed by atoms with Gasteiger partial charge in [-0.2, -0.15) is 0 Å². The number of phenolic OH excluding ortho intramolecular Hbond substituents is 1. The van der Waals surface area contributed by atoms with Crippen LogP contribution in [0.4, 0.5) is 0 Å². The first-order valence-corrected chi connectivity index (χ1v) is 13.5. The fraction of sp³-hybridized carbons (Fsp3) is 0.290. The van der Waals surface area contributed by atoms with Crippen LogP contribution in [0.25, 0.3) is 0 Å². The molecule has 11 nitrogen and oxygen atoms in total. The first-order chi connectivity index (χ1) is 20.0. The average molecular weight is 577 g/mol. The summed E-state index contributed by atoms with van der Waals surface area (Å²) in [6.07, 6.45) is -1.12. The molecule has 3 aromatic carbocycles. The monoisotopic (exact) mass is 576 g/mol. The van der Waals surface area contributed by atoms with E-state index in [1.807, 2.05) is 0 Å². The molecule has 0 saturated carbocycles. The Labute approximate surface area is 243 Å². The molecule has 0 bridgehead atoms. The van der Waals surface area contributed by atoms with Crippen molar-refractivity contribution in [2.45, 2.75) is 56.5 Å². The lowest BCUT2D eigenvalue weighted by atomic mass is 10.0. The van der Waals surface area contributed by atoms with Gasteiger partial charge in [-0.25, -0.2) is 4.79 Å². The van der Waals surface area contributed by atoms with Gasteiger partial charge in [0.25, 0.3) is 0 Å². The maximum atomic E-state index is 13.6. The molecule has 0 aromatic heterocycles. The summed E-state index contributed by atoms with van der Waals surface area (Å²) in [7, 11) is 0. The van der Waals surface area contributed by atoms with E-state index in [1.54, 1.807) is 72.8 Å². The van der Waals surface area contributed by atoms with Gasteiger partial charge in [-0.1, -0.05) is 72.8 Å². The number of hydrogen-bond acceptors (Lipinski definition) is 7. The number of nitrogens with one attached hydrogen (secondary N) is 3. The van der Waals surface area contributed by atoms with E-state index in [1.165, 1.54) is 19.1 Å². The summed E-state index contributed by atoms with van der Waals surface area (Å²) >= 11 is 0. The molecule has 11 heteroatoms. The molecule has 5 atom stereocenters. The standard InChI is InChI=1S/C31H36N4O7/c1-19(36)27(32)30(40)34-25(17-22-12-14-23(37)15-13-22)28(38)33-24(16-20-8-4-2-5-9-20)29(39)35-26(31(41)42)18-21-10-6-3-7-11-21/h2-15,19,24-27,36-37H,16-18,32H2,1H3,(H,33,38)(H,34,40)(H,35,39)(H,41,42). The maximum Gasteiger partial charge on any atom is 0.326 e. The van der Waals surface area contributed by atoms with Gasteiger partial charge in [0, 0.05) is 19.3 Å². The Morgan fingerprint density at radius 2 is 1.02 bits per heavy atom. The second-order valence-electron chi connectivity index (χ2n) is 10.0. The third-order valence-corrected chi connectivity index (χ3v) is 6.64. The molecule has 0 fully saturated rings. The van der Waals surface area contributed by atoms with Crippen LogP contribution in [-0.4, -0.2) is 69.3 Å². The number of amides is 3. The molecular formula is C31H36N4O7. The molecule has 3 amide bonds. The quantitative estimate of drug-likeness (QED) is 0.146. The van der Waals surface area contributed by atoms with Gasteiger partial charge < -0.3 is 37.0 Å². The number of hydrogen-bond donors (Lipinski definition) is 7. The highest BCUT2D eigenvalue weighted by atomic mass is 16.4. The fourth-order valence-electron chi connectivity index (χ4n) is 4.22. The molecule has 0 saturated heterocycles. The molecule has 3 aromatic rings. The molecule has 8 N–H and O–H groups in total. The minimum atomic E-state index is -1.31. The van der Waals surface area contributed by atoms with Crippen molar-refractivity contribution in [3.8, 4) is 5.75 Å². The zero-order chi connectivity index (χ0) is 30.6. The highest BCUT2D eigenvalue weighted by molar-refractivity contribution is 5.94. The predicted molar refractivity (Wildman–Crippen MR) is 155 cm³/mol. The SMILES string of the molecule is CC(O)C(N)C(=O)NC(Cc1ccc(O)cc1)C(=O)NC(Cc1ccccc1)C(=O)NC(Cc1ccccc1)C(=O)O. The summed E-state index contributed by atoms with van der Waals surface area (Å²) in [5.41, 5.74) is 7.79. The van der Waals surface area contributed by atoms with E-state index in [-0.39, 0.29) is 25.0 Å². The summed E-state index contributed by atoms with van der Waals surface area (Å²) in [6.45, 7) is 1.34. The van der Waals surface area contributed by atoms with E-state index < -0.39 is 54.0 Å². The van der Waals surface area contributed by atoms with Gasteiger partial charge in [0.05, 0.1) is 6.10 Å². The molecule has 0 aliphatic carbocycles. The first kappa shape index (κ1) is 31.8. The summed E-state index contributed by atoms with van der Waals surface area (Å²) in [4.78, 5) is 51.8. The lowest BCUT2D eigenvalue weighted by Gasteiger charge is -2.26. The van der Waals surface area contributed by atoms with Gasteiger partial charge in [-0.15, -0.1) is 0 Å². The van der Waals surface area contributed by atoms with Crippen molar-refractivity contribution in [1.29, 1.82) is 0 Å². The van der Waals surface area contributed by atoms with E-state index in [9.17, 15) is 34.5 Å². The number of carboxylic acid groups (broad SMARTS) is 1. The van der Waals surface area contributed by atoms with E-state index in [4.69, 9.17) is 5.73 Å². The summed E-state index contributed by atoms with van der Waals surface area (Å²) in [5, 5.41) is 36.9. The fourth-order valence-corrected chi connectivity index (χ4v) is 4.22. The predicted octanol–water partition coefficient (Wildman–Crippen LogP) is 0.667. The zero-order valence-electron chi connectivity index (χ0n) is 23.1. The molecule has 0 spiro atoms. The molecule has 222 valence electrons. The van der Waals surface area contributed by atoms with Crippen LogP contribution in [0.15, 0.2) is 84.9 Å². The van der Waals surface area contributed by atoms with Gasteiger partial charge >= 0.3 is 5.97 Å². The van der Waals surface area contributed by atoms with Crippen molar-refractivity contribution < 1.29 is 34.5 Å². The summed E-state index contributed by atoms with van der Waals surface area (Å²) < 4.78 is 0. The van der Waals surface area contributed by atoms with Crippen molar-refractivity contribution in [2.24, 2.45) is 5.73 Å². The average Bonchev–Trinajstić information content (AvgIpc) is 2.97. The van der Waals surface area contributed by atoms with Crippen LogP contribution in [0, 0.1) is 0 Å². The van der Waals surface area contributed by atoms with E-state index in [0.29, 0.717) is 16.7 Å². The molecule has 42 heavy (non-hydrogen) atoms. The van der Waals surface area contributed by atoms with E-state index >= 15 is 0 Å². The van der Waals surface area contributed by atoms with Crippen molar-refractivity contribution in [3.05, 3.63) is 102 Å². The number of nitrogens with two attached hydrogens (primary N) is 1. The van der Waals surface area contributed by atoms with Crippen molar-refractivity contribution >= 4 is 23.7 Å². The summed E-state index contributed by atoms with van der Waals surface area (Å²) in [6, 6.07) is 18.7. The second-order valence-corrected chi connectivity index (χ2v) is 10.0. The first-order valence-electron chi connectivity index (χ1n) is 13.5. The normalized spacial score (nSPS) is 14.5. The third-order valence-electron chi connectivity index (χ3n) is 6.64. The molecule has 3 rings (SSSR count). The highest BCUT2D eigenvalue weighted by Gasteiger charge is 2.31. The Hall–Kier alpha value is -4.74. The molecule has 0 radical (unpaired) electrons. The van der Waals surface area contributed by atoms with Crippen LogP contribution in [0.5, 0.6) is 5.75 Å². The number of aromatic hydroxyl groups is 1. The minimum absolute atomic E-state index is 0.0167. The molecule has 0 aliphatic heterocycles. The number of carbonyl (C=O) groups excluding carboxylic acids is 3. The van der Waals surface area contributed by atoms with E-state index in [0.717, 1.165) is 0 Å². The number of aliphatic hydroxyl groups excluding tert-OH is 1. The maximum absolute atomic E-state index is 13.6. The smallest absolute Gasteiger partial charge is 0.326 e. The number of carbonyl (C=O) groups is 4. The number of aliphatic hydroxyl groups is 1. The number of rotatable bonds is 14. The Balaban J connectivity index is 1.85. The van der Waals surface area contributed by atoms with Crippen LogP contribution >= 0.6 is 0 Å². The van der Waals surface area contributed by atoms with Gasteiger partial charge in [-0.3, -0.25) is 14.4 Å². The van der Waals surface area contributed by atoms with Gasteiger partial charge in [0.2, 0.25) is 17.7 Å². The van der Waals surface area contributed by atoms with Crippen molar-refractivity contribution in [2.75, 3.05) is 0 Å². The van der Waals surface area contributed by atoms with Gasteiger partial charge in [0.1, 0.15) is 29.9 Å². The number of aliphatic carboxylic acids is 1. The highest BCUT2D eigenvalue weighted by Crippen LogP contribution is 2.13.